The van der Waals surface area contributed by atoms with Crippen molar-refractivity contribution in [3.05, 3.63) is 34.9 Å². The van der Waals surface area contributed by atoms with E-state index in [0.29, 0.717) is 28.3 Å². The van der Waals surface area contributed by atoms with Gasteiger partial charge in [0.25, 0.3) is 5.91 Å². The van der Waals surface area contributed by atoms with Crippen LogP contribution >= 0.6 is 11.6 Å². The number of benzene rings is 1. The van der Waals surface area contributed by atoms with E-state index in [1.807, 2.05) is 4.90 Å². The predicted molar refractivity (Wildman–Crippen MR) is 109 cm³/mol. The Morgan fingerprint density at radius 3 is 2.43 bits per heavy atom. The Balaban J connectivity index is 1.26. The summed E-state index contributed by atoms with van der Waals surface area (Å²) in [4.78, 5) is 26.8. The molecule has 3 aliphatic rings. The number of rotatable bonds is 5. The SMILES string of the molecule is CCC(NC(=O)c1ccc(Cl)cc1)[C@H]1[C@@H]2C[C@@H](NC(=O)N3CCNCC3)C[C@@H]21. The molecule has 1 heterocycles. The van der Waals surface area contributed by atoms with Gasteiger partial charge in [-0.3, -0.25) is 4.79 Å². The Hall–Kier alpha value is -1.79. The lowest BCUT2D eigenvalue weighted by Gasteiger charge is -2.29. The van der Waals surface area contributed by atoms with Crippen molar-refractivity contribution in [2.75, 3.05) is 26.2 Å². The minimum absolute atomic E-state index is 0.0305. The molecule has 2 aliphatic carbocycles. The lowest BCUT2D eigenvalue weighted by atomic mass is 9.99. The first-order valence-corrected chi connectivity index (χ1v) is 10.8. The number of hydrogen-bond acceptors (Lipinski definition) is 3. The van der Waals surface area contributed by atoms with Crippen molar-refractivity contribution >= 4 is 23.5 Å². The molecule has 0 radical (unpaired) electrons. The Labute approximate surface area is 171 Å². The van der Waals surface area contributed by atoms with Gasteiger partial charge in [0.15, 0.2) is 0 Å². The van der Waals surface area contributed by atoms with Crippen LogP contribution < -0.4 is 16.0 Å². The highest BCUT2D eigenvalue weighted by atomic mass is 35.5. The van der Waals surface area contributed by atoms with E-state index in [9.17, 15) is 9.59 Å². The van der Waals surface area contributed by atoms with Gasteiger partial charge in [-0.1, -0.05) is 18.5 Å². The maximum atomic E-state index is 12.5. The average Bonchev–Trinajstić information content (AvgIpc) is 3.20. The zero-order chi connectivity index (χ0) is 19.7. The van der Waals surface area contributed by atoms with Crippen LogP contribution in [-0.4, -0.2) is 55.1 Å². The van der Waals surface area contributed by atoms with Crippen molar-refractivity contribution in [3.63, 3.8) is 0 Å². The molecule has 28 heavy (non-hydrogen) atoms. The smallest absolute Gasteiger partial charge is 0.317 e. The predicted octanol–water partition coefficient (Wildman–Crippen LogP) is 2.49. The molecule has 2 saturated carbocycles. The van der Waals surface area contributed by atoms with Crippen molar-refractivity contribution in [1.29, 1.82) is 0 Å². The number of nitrogens with zero attached hydrogens (tertiary/aromatic N) is 1. The number of fused-ring (bicyclic) bond motifs is 1. The molecule has 4 rings (SSSR count). The normalized spacial score (nSPS) is 29.7. The van der Waals surface area contributed by atoms with Gasteiger partial charge < -0.3 is 20.9 Å². The maximum absolute atomic E-state index is 12.5. The molecule has 3 N–H and O–H groups in total. The van der Waals surface area contributed by atoms with E-state index < -0.39 is 0 Å². The quantitative estimate of drug-likeness (QED) is 0.705. The fourth-order valence-corrected chi connectivity index (χ4v) is 5.19. The summed E-state index contributed by atoms with van der Waals surface area (Å²) in [6, 6.07) is 7.57. The minimum Gasteiger partial charge on any atom is -0.349 e. The molecule has 1 aliphatic heterocycles. The van der Waals surface area contributed by atoms with E-state index >= 15 is 0 Å². The molecule has 1 saturated heterocycles. The highest BCUT2D eigenvalue weighted by molar-refractivity contribution is 6.30. The first kappa shape index (κ1) is 19.5. The molecule has 3 fully saturated rings. The fraction of sp³-hybridized carbons (Fsp3) is 0.619. The van der Waals surface area contributed by atoms with Crippen LogP contribution in [0, 0.1) is 17.8 Å². The van der Waals surface area contributed by atoms with Gasteiger partial charge in [-0.05, 0) is 61.3 Å². The Bertz CT molecular complexity index is 708. The summed E-state index contributed by atoms with van der Waals surface area (Å²) < 4.78 is 0. The molecule has 0 spiro atoms. The second-order valence-corrected chi connectivity index (χ2v) is 8.69. The highest BCUT2D eigenvalue weighted by Gasteiger charge is 2.58. The standard InChI is InChI=1S/C21H29ClN4O2/c1-2-18(25-20(27)13-3-5-14(22)6-4-13)19-16-11-15(12-17(16)19)24-21(28)26-9-7-23-8-10-26/h3-6,15-19,23H,2,7-12H2,1H3,(H,24,28)(H,25,27)/t15-,16-,17+,18?,19+. The largest absolute Gasteiger partial charge is 0.349 e. The lowest BCUT2D eigenvalue weighted by molar-refractivity contribution is 0.0927. The molecule has 1 unspecified atom stereocenters. The number of carbonyl (C=O) groups is 2. The molecular formula is C21H29ClN4O2. The van der Waals surface area contributed by atoms with Crippen LogP contribution in [0.1, 0.15) is 36.5 Å². The van der Waals surface area contributed by atoms with Crippen LogP contribution in [0.25, 0.3) is 0 Å². The number of urea groups is 1. The molecule has 5 atom stereocenters. The molecule has 7 heteroatoms. The molecule has 0 aromatic heterocycles. The van der Waals surface area contributed by atoms with Crippen LogP contribution in [0.3, 0.4) is 0 Å². The van der Waals surface area contributed by atoms with Gasteiger partial charge in [0.1, 0.15) is 0 Å². The summed E-state index contributed by atoms with van der Waals surface area (Å²) in [5, 5.41) is 10.3. The third-order valence-corrected chi connectivity index (χ3v) is 6.82. The highest BCUT2D eigenvalue weighted by Crippen LogP contribution is 2.59. The minimum atomic E-state index is -0.0305. The second-order valence-electron chi connectivity index (χ2n) is 8.26. The Morgan fingerprint density at radius 1 is 1.18 bits per heavy atom. The van der Waals surface area contributed by atoms with Crippen molar-refractivity contribution in [1.82, 2.24) is 20.9 Å². The average molecular weight is 405 g/mol. The summed E-state index contributed by atoms with van der Waals surface area (Å²) in [6.07, 6.45) is 2.98. The monoisotopic (exact) mass is 404 g/mol. The van der Waals surface area contributed by atoms with E-state index in [1.165, 1.54) is 0 Å². The molecule has 3 amide bonds. The van der Waals surface area contributed by atoms with Crippen LogP contribution in [-0.2, 0) is 0 Å². The topological polar surface area (TPSA) is 73.5 Å². The first-order valence-electron chi connectivity index (χ1n) is 10.4. The number of piperazine rings is 1. The van der Waals surface area contributed by atoms with Crippen molar-refractivity contribution < 1.29 is 9.59 Å². The Kier molecular flexibility index (Phi) is 5.78. The van der Waals surface area contributed by atoms with Crippen molar-refractivity contribution in [3.8, 4) is 0 Å². The Morgan fingerprint density at radius 2 is 1.82 bits per heavy atom. The molecule has 1 aromatic rings. The maximum Gasteiger partial charge on any atom is 0.317 e. The fourth-order valence-electron chi connectivity index (χ4n) is 5.06. The van der Waals surface area contributed by atoms with E-state index in [-0.39, 0.29) is 24.0 Å². The van der Waals surface area contributed by atoms with Crippen molar-refractivity contribution in [2.45, 2.75) is 38.3 Å². The second kappa shape index (κ2) is 8.29. The lowest BCUT2D eigenvalue weighted by Crippen LogP contribution is -2.52. The number of carbonyl (C=O) groups excluding carboxylic acids is 2. The van der Waals surface area contributed by atoms with Gasteiger partial charge in [0.2, 0.25) is 0 Å². The third-order valence-electron chi connectivity index (χ3n) is 6.57. The number of amides is 3. The van der Waals surface area contributed by atoms with E-state index in [1.54, 1.807) is 24.3 Å². The zero-order valence-corrected chi connectivity index (χ0v) is 17.0. The summed E-state index contributed by atoms with van der Waals surface area (Å²) in [6.45, 7) is 5.43. The summed E-state index contributed by atoms with van der Waals surface area (Å²) >= 11 is 5.91. The number of hydrogen-bond donors (Lipinski definition) is 3. The summed E-state index contributed by atoms with van der Waals surface area (Å²) in [7, 11) is 0. The first-order chi connectivity index (χ1) is 13.6. The molecule has 0 bridgehead atoms. The van der Waals surface area contributed by atoms with E-state index in [0.717, 1.165) is 45.4 Å². The molecule has 1 aromatic carbocycles. The molecule has 6 nitrogen and oxygen atoms in total. The number of nitrogens with one attached hydrogen (secondary N) is 3. The summed E-state index contributed by atoms with van der Waals surface area (Å²) in [5.74, 6) is 1.73. The zero-order valence-electron chi connectivity index (χ0n) is 16.3. The van der Waals surface area contributed by atoms with E-state index in [4.69, 9.17) is 11.6 Å². The van der Waals surface area contributed by atoms with Gasteiger partial charge >= 0.3 is 6.03 Å². The van der Waals surface area contributed by atoms with E-state index in [2.05, 4.69) is 22.9 Å². The van der Waals surface area contributed by atoms with Gasteiger partial charge in [0.05, 0.1) is 0 Å². The molecular weight excluding hydrogens is 376 g/mol. The van der Waals surface area contributed by atoms with Crippen LogP contribution in [0.2, 0.25) is 5.02 Å². The summed E-state index contributed by atoms with van der Waals surface area (Å²) in [5.41, 5.74) is 0.648. The van der Waals surface area contributed by atoms with Gasteiger partial charge in [-0.15, -0.1) is 0 Å². The third kappa shape index (κ3) is 4.13. The van der Waals surface area contributed by atoms with Crippen molar-refractivity contribution in [2.24, 2.45) is 17.8 Å². The van der Waals surface area contributed by atoms with Crippen LogP contribution in [0.4, 0.5) is 4.79 Å². The van der Waals surface area contributed by atoms with Gasteiger partial charge in [0, 0.05) is 48.8 Å². The van der Waals surface area contributed by atoms with Gasteiger partial charge in [-0.25, -0.2) is 4.79 Å². The van der Waals surface area contributed by atoms with Crippen LogP contribution in [0.15, 0.2) is 24.3 Å². The van der Waals surface area contributed by atoms with Crippen LogP contribution in [0.5, 0.6) is 0 Å². The number of halogens is 1. The van der Waals surface area contributed by atoms with Gasteiger partial charge in [-0.2, -0.15) is 0 Å². The molecule has 152 valence electrons.